The molecule has 1 amide bonds. The number of nitrogens with zero attached hydrogens (tertiary/aromatic N) is 2. The number of benzene rings is 1. The molecule has 1 heterocycles. The number of halogens is 1. The average Bonchev–Trinajstić information content (AvgIpc) is 2.61. The minimum atomic E-state index is -0.967. The van der Waals surface area contributed by atoms with Gasteiger partial charge in [0.25, 0.3) is 0 Å². The van der Waals surface area contributed by atoms with E-state index in [1.165, 1.54) is 0 Å². The first-order chi connectivity index (χ1) is 11.9. The van der Waals surface area contributed by atoms with E-state index in [1.54, 1.807) is 12.1 Å². The van der Waals surface area contributed by atoms with Crippen molar-refractivity contribution < 1.29 is 4.79 Å². The van der Waals surface area contributed by atoms with Crippen LogP contribution in [0.25, 0.3) is 0 Å². The van der Waals surface area contributed by atoms with E-state index in [4.69, 9.17) is 23.8 Å². The maximum absolute atomic E-state index is 12.5. The molecular weight excluding hydrogens is 356 g/mol. The second-order valence-corrected chi connectivity index (χ2v) is 7.23. The van der Waals surface area contributed by atoms with Crippen LogP contribution in [-0.4, -0.2) is 35.1 Å². The van der Waals surface area contributed by atoms with Crippen molar-refractivity contribution in [2.45, 2.75) is 39.2 Å². The van der Waals surface area contributed by atoms with Gasteiger partial charge in [0.1, 0.15) is 5.41 Å². The molecule has 7 heteroatoms. The second kappa shape index (κ2) is 8.50. The summed E-state index contributed by atoms with van der Waals surface area (Å²) in [5, 5.41) is 16.9. The zero-order valence-electron chi connectivity index (χ0n) is 14.5. The number of piperidine rings is 1. The van der Waals surface area contributed by atoms with E-state index >= 15 is 0 Å². The highest BCUT2D eigenvalue weighted by molar-refractivity contribution is 7.80. The molecule has 0 radical (unpaired) electrons. The van der Waals surface area contributed by atoms with E-state index in [0.29, 0.717) is 36.1 Å². The smallest absolute Gasteiger partial charge is 0.240 e. The maximum Gasteiger partial charge on any atom is 0.240 e. The molecule has 2 N–H and O–H groups in total. The highest BCUT2D eigenvalue weighted by Gasteiger charge is 2.42. The summed E-state index contributed by atoms with van der Waals surface area (Å²) in [6, 6.07) is 9.66. The molecular formula is C18H23ClN4OS. The van der Waals surface area contributed by atoms with Crippen molar-refractivity contribution in [1.82, 2.24) is 10.2 Å². The van der Waals surface area contributed by atoms with E-state index in [1.807, 2.05) is 30.9 Å². The van der Waals surface area contributed by atoms with E-state index in [-0.39, 0.29) is 11.9 Å². The SMILES string of the molecule is CC[C@H](C)NC(=O)C1(C#N)CCN(C(=S)Nc2cccc(Cl)c2)CC1. The van der Waals surface area contributed by atoms with Gasteiger partial charge < -0.3 is 15.5 Å². The number of likely N-dealkylation sites (tertiary alicyclic amines) is 1. The van der Waals surface area contributed by atoms with Crippen LogP contribution >= 0.6 is 23.8 Å². The summed E-state index contributed by atoms with van der Waals surface area (Å²) in [4.78, 5) is 14.5. The number of amides is 1. The van der Waals surface area contributed by atoms with Crippen LogP contribution in [0.5, 0.6) is 0 Å². The number of hydrogen-bond acceptors (Lipinski definition) is 3. The van der Waals surface area contributed by atoms with Crippen molar-refractivity contribution in [3.63, 3.8) is 0 Å². The Morgan fingerprint density at radius 3 is 2.72 bits per heavy atom. The molecule has 1 aromatic rings. The van der Waals surface area contributed by atoms with E-state index in [2.05, 4.69) is 16.7 Å². The number of carbonyl (C=O) groups is 1. The molecule has 0 unspecified atom stereocenters. The minimum Gasteiger partial charge on any atom is -0.352 e. The van der Waals surface area contributed by atoms with Crippen molar-refractivity contribution in [3.05, 3.63) is 29.3 Å². The number of nitrogens with one attached hydrogen (secondary N) is 2. The molecule has 0 bridgehead atoms. The summed E-state index contributed by atoms with van der Waals surface area (Å²) < 4.78 is 0. The van der Waals surface area contributed by atoms with Crippen LogP contribution in [-0.2, 0) is 4.79 Å². The molecule has 0 aliphatic carbocycles. The fourth-order valence-corrected chi connectivity index (χ4v) is 3.20. The van der Waals surface area contributed by atoms with Crippen molar-refractivity contribution in [2.75, 3.05) is 18.4 Å². The fourth-order valence-electron chi connectivity index (χ4n) is 2.71. The van der Waals surface area contributed by atoms with Crippen LogP contribution in [0.4, 0.5) is 5.69 Å². The number of hydrogen-bond donors (Lipinski definition) is 2. The maximum atomic E-state index is 12.5. The highest BCUT2D eigenvalue weighted by atomic mass is 35.5. The quantitative estimate of drug-likeness (QED) is 0.784. The van der Waals surface area contributed by atoms with Crippen LogP contribution in [0.2, 0.25) is 5.02 Å². The Balaban J connectivity index is 1.96. The molecule has 1 fully saturated rings. The molecule has 1 atom stereocenters. The number of nitriles is 1. The van der Waals surface area contributed by atoms with Gasteiger partial charge in [0.15, 0.2) is 5.11 Å². The molecule has 1 aliphatic rings. The zero-order valence-corrected chi connectivity index (χ0v) is 16.1. The lowest BCUT2D eigenvalue weighted by Gasteiger charge is -2.38. The lowest BCUT2D eigenvalue weighted by Crippen LogP contribution is -2.51. The van der Waals surface area contributed by atoms with E-state index < -0.39 is 5.41 Å². The molecule has 2 rings (SSSR count). The topological polar surface area (TPSA) is 68.2 Å². The van der Waals surface area contributed by atoms with Crippen LogP contribution in [0, 0.1) is 16.7 Å². The van der Waals surface area contributed by atoms with Crippen molar-refractivity contribution in [2.24, 2.45) is 5.41 Å². The summed E-state index contributed by atoms with van der Waals surface area (Å²) in [7, 11) is 0. The summed E-state index contributed by atoms with van der Waals surface area (Å²) in [5.41, 5.74) is -0.143. The van der Waals surface area contributed by atoms with E-state index in [0.717, 1.165) is 12.1 Å². The van der Waals surface area contributed by atoms with Gasteiger partial charge in [-0.15, -0.1) is 0 Å². The third-order valence-electron chi connectivity index (χ3n) is 4.62. The van der Waals surface area contributed by atoms with E-state index in [9.17, 15) is 10.1 Å². The Hall–Kier alpha value is -1.84. The van der Waals surface area contributed by atoms with Gasteiger partial charge in [-0.05, 0) is 56.6 Å². The summed E-state index contributed by atoms with van der Waals surface area (Å²) in [6.45, 7) is 5.08. The Morgan fingerprint density at radius 1 is 1.48 bits per heavy atom. The van der Waals surface area contributed by atoms with Gasteiger partial charge in [0, 0.05) is 29.8 Å². The Bertz CT molecular complexity index is 680. The standard InChI is InChI=1S/C18H23ClN4OS/c1-3-13(2)21-16(24)18(12-20)7-9-23(10-8-18)17(25)22-15-6-4-5-14(19)11-15/h4-6,11,13H,3,7-10H2,1-2H3,(H,21,24)(H,22,25)/t13-/m0/s1. The fraction of sp³-hybridized carbons (Fsp3) is 0.500. The van der Waals surface area contributed by atoms with Crippen LogP contribution in [0.3, 0.4) is 0 Å². The Kier molecular flexibility index (Phi) is 6.63. The van der Waals surface area contributed by atoms with Crippen LogP contribution in [0.1, 0.15) is 33.1 Å². The zero-order chi connectivity index (χ0) is 18.4. The molecule has 25 heavy (non-hydrogen) atoms. The van der Waals surface area contributed by atoms with Gasteiger partial charge in [-0.1, -0.05) is 24.6 Å². The van der Waals surface area contributed by atoms with Gasteiger partial charge >= 0.3 is 0 Å². The molecule has 0 aromatic heterocycles. The van der Waals surface area contributed by atoms with Crippen molar-refractivity contribution in [1.29, 1.82) is 5.26 Å². The number of carbonyl (C=O) groups excluding carboxylic acids is 1. The summed E-state index contributed by atoms with van der Waals surface area (Å²) in [5.74, 6) is -0.169. The third kappa shape index (κ3) is 4.83. The van der Waals surface area contributed by atoms with Gasteiger partial charge in [-0.3, -0.25) is 4.79 Å². The minimum absolute atomic E-state index is 0.0707. The summed E-state index contributed by atoms with van der Waals surface area (Å²) in [6.07, 6.45) is 1.76. The predicted molar refractivity (Wildman–Crippen MR) is 104 cm³/mol. The Morgan fingerprint density at radius 2 is 2.16 bits per heavy atom. The third-order valence-corrected chi connectivity index (χ3v) is 5.21. The molecule has 1 aliphatic heterocycles. The highest BCUT2D eigenvalue weighted by Crippen LogP contribution is 2.31. The molecule has 0 saturated carbocycles. The first-order valence-electron chi connectivity index (χ1n) is 8.44. The molecule has 0 spiro atoms. The van der Waals surface area contributed by atoms with Gasteiger partial charge in [0.2, 0.25) is 5.91 Å². The van der Waals surface area contributed by atoms with Crippen molar-refractivity contribution >= 4 is 40.5 Å². The second-order valence-electron chi connectivity index (χ2n) is 6.40. The lowest BCUT2D eigenvalue weighted by atomic mass is 9.78. The number of anilines is 1. The number of thiocarbonyl (C=S) groups is 1. The molecule has 5 nitrogen and oxygen atoms in total. The lowest BCUT2D eigenvalue weighted by molar-refractivity contribution is -0.130. The van der Waals surface area contributed by atoms with Crippen LogP contribution < -0.4 is 10.6 Å². The van der Waals surface area contributed by atoms with Gasteiger partial charge in [-0.25, -0.2) is 0 Å². The molecule has 134 valence electrons. The van der Waals surface area contributed by atoms with Gasteiger partial charge in [-0.2, -0.15) is 5.26 Å². The van der Waals surface area contributed by atoms with Gasteiger partial charge in [0.05, 0.1) is 6.07 Å². The summed E-state index contributed by atoms with van der Waals surface area (Å²) >= 11 is 11.4. The molecule has 1 aromatic carbocycles. The largest absolute Gasteiger partial charge is 0.352 e. The first-order valence-corrected chi connectivity index (χ1v) is 9.22. The first kappa shape index (κ1) is 19.5. The number of rotatable bonds is 4. The predicted octanol–water partition coefficient (Wildman–Crippen LogP) is 3.56. The monoisotopic (exact) mass is 378 g/mol. The van der Waals surface area contributed by atoms with Crippen LogP contribution in [0.15, 0.2) is 24.3 Å². The normalized spacial score (nSPS) is 17.3. The average molecular weight is 379 g/mol. The van der Waals surface area contributed by atoms with Crippen molar-refractivity contribution in [3.8, 4) is 6.07 Å². The molecule has 1 saturated heterocycles. The Labute approximate surface area is 159 Å².